The molecule has 0 aliphatic carbocycles. The van der Waals surface area contributed by atoms with E-state index in [4.69, 9.17) is 24.1 Å². The summed E-state index contributed by atoms with van der Waals surface area (Å²) in [4.78, 5) is 82.8. The van der Waals surface area contributed by atoms with Crippen molar-refractivity contribution in [3.05, 3.63) is 77.0 Å². The number of methoxy groups -OCH3 is 1. The zero-order chi connectivity index (χ0) is 47.8. The number of Topliss-reactive ketones (excluding diaryl/α,β-unsaturated/α-hetero) is 1. The lowest BCUT2D eigenvalue weighted by Crippen LogP contribution is -2.67. The monoisotopic (exact) mass is 922 g/mol. The first-order valence-corrected chi connectivity index (χ1v) is 21.2. The number of fused-ring (bicyclic) bond motifs is 1. The van der Waals surface area contributed by atoms with E-state index in [-0.39, 0.29) is 31.1 Å². The summed E-state index contributed by atoms with van der Waals surface area (Å²) in [6, 6.07) is 12.1. The fraction of sp³-hybridized carbons (Fsp3) is 0.500. The number of carboxylic acid groups (broad SMARTS) is 2. The number of carbonyl (C=O) groups excluding carboxylic acids is 4. The normalized spacial score (nSPS) is 30.0. The molecule has 10 N–H and O–H groups in total. The number of aliphatic carboxylic acids is 2. The summed E-state index contributed by atoms with van der Waals surface area (Å²) >= 11 is 0. The maximum Gasteiger partial charge on any atom is 0.306 e. The largest absolute Gasteiger partial charge is 0.481 e. The maximum atomic E-state index is 13.6. The highest BCUT2D eigenvalue weighted by Crippen LogP contribution is 2.32. The van der Waals surface area contributed by atoms with Gasteiger partial charge in [0.25, 0.3) is 5.91 Å². The van der Waals surface area contributed by atoms with Crippen molar-refractivity contribution in [3.63, 3.8) is 0 Å². The lowest BCUT2D eigenvalue weighted by Gasteiger charge is -2.47. The number of anilines is 1. The van der Waals surface area contributed by atoms with Gasteiger partial charge in [0.05, 0.1) is 24.7 Å². The summed E-state index contributed by atoms with van der Waals surface area (Å²) in [5.74, 6) is -5.92. The lowest BCUT2D eigenvalue weighted by atomic mass is 9.91. The molecule has 356 valence electrons. The Labute approximate surface area is 378 Å². The SMILES string of the molecule is CO[C@@H]1C(C(=O)Nc2ccc(C=NC3=NC4NC=C(CCc5ccc(C(=O)C[C@@H](CCC(=O)O)C(=O)O)cc5)C4C(=O)N3)cc2)O[C@@H](O[C@@H]2C(NC(C)=O)[C@H](C)OC(CO)[C@H]2O)C(O)[C@H]1O. The summed E-state index contributed by atoms with van der Waals surface area (Å²) < 4.78 is 22.7. The quantitative estimate of drug-likeness (QED) is 0.0648. The molecule has 0 spiro atoms. The van der Waals surface area contributed by atoms with Crippen molar-refractivity contribution in [2.24, 2.45) is 21.8 Å². The predicted molar refractivity (Wildman–Crippen MR) is 230 cm³/mol. The third-order valence-electron chi connectivity index (χ3n) is 11.8. The maximum absolute atomic E-state index is 13.6. The molecule has 13 atom stereocenters. The molecule has 2 aromatic carbocycles. The Bertz CT molecular complexity index is 2200. The first-order chi connectivity index (χ1) is 31.5. The van der Waals surface area contributed by atoms with Gasteiger partial charge in [0.15, 0.2) is 18.2 Å². The van der Waals surface area contributed by atoms with Crippen molar-refractivity contribution in [3.8, 4) is 0 Å². The van der Waals surface area contributed by atoms with Crippen LogP contribution in [0, 0.1) is 11.8 Å². The van der Waals surface area contributed by atoms with E-state index < -0.39 is 115 Å². The van der Waals surface area contributed by atoms with Crippen LogP contribution >= 0.6 is 0 Å². The number of aliphatic hydroxyl groups is 4. The fourth-order valence-electron chi connectivity index (χ4n) is 8.21. The van der Waals surface area contributed by atoms with E-state index in [2.05, 4.69) is 31.3 Å². The second-order valence-electron chi connectivity index (χ2n) is 16.4. The number of benzene rings is 2. The summed E-state index contributed by atoms with van der Waals surface area (Å²) in [7, 11) is 1.22. The number of amides is 3. The number of ketones is 1. The summed E-state index contributed by atoms with van der Waals surface area (Å²) in [6.07, 6.45) is -9.83. The highest BCUT2D eigenvalue weighted by molar-refractivity contribution is 6.05. The Hall–Kier alpha value is -5.98. The highest BCUT2D eigenvalue weighted by atomic mass is 16.7. The third-order valence-corrected chi connectivity index (χ3v) is 11.8. The van der Waals surface area contributed by atoms with Gasteiger partial charge >= 0.3 is 11.9 Å². The molecule has 66 heavy (non-hydrogen) atoms. The van der Waals surface area contributed by atoms with Crippen molar-refractivity contribution in [1.82, 2.24) is 16.0 Å². The van der Waals surface area contributed by atoms with Crippen LogP contribution in [0.4, 0.5) is 5.69 Å². The number of rotatable bonds is 18. The standard InChI is InChI=1S/C44H54N6O16/c1-20-32(47-21(2)52)36(33(56)29(19-51)64-20)65-43-35(58)34(57)37(63-3)38(66-43)41(60)48-27-13-7-23(8-14-27)17-46-44-49-39-31(40(59)50-44)26(18-45-39)11-6-22-4-9-24(10-5-22)28(53)16-25(42(61)62)12-15-30(54)55/h4-5,7-10,13-14,17-18,20,25,29,31-39,43,45,51,56-58H,6,11-12,15-16,19H2,1-3H3,(H,47,52)(H,48,60)(H,54,55)(H,61,62)(H,49,50,59)/t20-,25+,29?,31?,32?,33+,34+,35?,36+,37-,38?,39?,43+/m0/s1. The molecule has 4 aliphatic heterocycles. The number of nitrogens with zero attached hydrogens (tertiary/aromatic N) is 2. The molecule has 3 amide bonds. The molecule has 0 bridgehead atoms. The number of carbonyl (C=O) groups is 6. The summed E-state index contributed by atoms with van der Waals surface area (Å²) in [5, 5.41) is 72.1. The zero-order valence-corrected chi connectivity index (χ0v) is 36.2. The molecule has 22 nitrogen and oxygen atoms in total. The molecule has 6 rings (SSSR count). The highest BCUT2D eigenvalue weighted by Gasteiger charge is 2.52. The Balaban J connectivity index is 1.02. The molecule has 4 aliphatic rings. The molecule has 4 heterocycles. The fourth-order valence-corrected chi connectivity index (χ4v) is 8.21. The van der Waals surface area contributed by atoms with E-state index >= 15 is 0 Å². The minimum atomic E-state index is -1.76. The van der Waals surface area contributed by atoms with Crippen molar-refractivity contribution in [2.75, 3.05) is 19.0 Å². The number of ether oxygens (including phenoxy) is 4. The van der Waals surface area contributed by atoms with Gasteiger partial charge in [-0.2, -0.15) is 0 Å². The molecule has 0 aromatic heterocycles. The number of hydrogen-bond acceptors (Lipinski definition) is 17. The Kier molecular flexibility index (Phi) is 16.5. The summed E-state index contributed by atoms with van der Waals surface area (Å²) in [5.41, 5.74) is 2.89. The van der Waals surface area contributed by atoms with Crippen molar-refractivity contribution >= 4 is 53.3 Å². The van der Waals surface area contributed by atoms with Crippen LogP contribution in [0.2, 0.25) is 0 Å². The van der Waals surface area contributed by atoms with Gasteiger partial charge in [-0.25, -0.2) is 9.98 Å². The van der Waals surface area contributed by atoms with Gasteiger partial charge < -0.3 is 65.5 Å². The molecule has 0 saturated carbocycles. The van der Waals surface area contributed by atoms with E-state index in [1.807, 2.05) is 0 Å². The molecule has 0 radical (unpaired) electrons. The van der Waals surface area contributed by atoms with Crippen LogP contribution in [0.3, 0.4) is 0 Å². The van der Waals surface area contributed by atoms with E-state index in [9.17, 15) is 54.3 Å². The van der Waals surface area contributed by atoms with Gasteiger partial charge in [0.2, 0.25) is 17.8 Å². The van der Waals surface area contributed by atoms with Crippen molar-refractivity contribution in [2.45, 2.75) is 113 Å². The number of aryl methyl sites for hydroxylation is 1. The van der Waals surface area contributed by atoms with Gasteiger partial charge in [-0.15, -0.1) is 0 Å². The molecular weight excluding hydrogens is 869 g/mol. The van der Waals surface area contributed by atoms with Gasteiger partial charge in [-0.05, 0) is 61.2 Å². The van der Waals surface area contributed by atoms with Gasteiger partial charge in [0, 0.05) is 44.3 Å². The van der Waals surface area contributed by atoms with Crippen LogP contribution in [0.15, 0.2) is 70.3 Å². The topological polar surface area (TPSA) is 334 Å². The number of aliphatic hydroxyl groups excluding tert-OH is 4. The van der Waals surface area contributed by atoms with E-state index in [1.165, 1.54) is 20.2 Å². The molecule has 22 heteroatoms. The van der Waals surface area contributed by atoms with E-state index in [1.54, 1.807) is 61.7 Å². The number of carboxylic acids is 2. The lowest BCUT2D eigenvalue weighted by molar-refractivity contribution is -0.325. The number of hydrogen-bond donors (Lipinski definition) is 10. The Morgan fingerprint density at radius 3 is 2.30 bits per heavy atom. The zero-order valence-electron chi connectivity index (χ0n) is 36.2. The number of guanidine groups is 1. The van der Waals surface area contributed by atoms with Gasteiger partial charge in [0.1, 0.15) is 48.7 Å². The molecule has 2 aromatic rings. The first kappa shape index (κ1) is 49.5. The average Bonchev–Trinajstić information content (AvgIpc) is 3.70. The molecule has 6 unspecified atom stereocenters. The Morgan fingerprint density at radius 2 is 1.67 bits per heavy atom. The molecule has 2 fully saturated rings. The van der Waals surface area contributed by atoms with Crippen molar-refractivity contribution in [1.29, 1.82) is 0 Å². The first-order valence-electron chi connectivity index (χ1n) is 21.2. The van der Waals surface area contributed by atoms with Gasteiger partial charge in [-0.1, -0.05) is 36.4 Å². The van der Waals surface area contributed by atoms with Crippen LogP contribution in [0.25, 0.3) is 0 Å². The minimum Gasteiger partial charge on any atom is -0.481 e. The second-order valence-corrected chi connectivity index (χ2v) is 16.4. The van der Waals surface area contributed by atoms with Crippen LogP contribution in [-0.4, -0.2) is 159 Å². The predicted octanol–water partition coefficient (Wildman–Crippen LogP) is -0.777. The number of nitrogens with one attached hydrogen (secondary N) is 4. The van der Waals surface area contributed by atoms with Crippen LogP contribution < -0.4 is 21.3 Å². The van der Waals surface area contributed by atoms with Gasteiger partial charge in [-0.3, -0.25) is 34.1 Å². The average molecular weight is 923 g/mol. The smallest absolute Gasteiger partial charge is 0.306 e. The third kappa shape index (κ3) is 11.9. The van der Waals surface area contributed by atoms with Crippen molar-refractivity contribution < 1.29 is 78.4 Å². The van der Waals surface area contributed by atoms with E-state index in [0.717, 1.165) is 11.1 Å². The number of aliphatic imine (C=N–C) groups is 2. The second kappa shape index (κ2) is 22.0. The van der Waals surface area contributed by atoms with Crippen LogP contribution in [0.5, 0.6) is 0 Å². The van der Waals surface area contributed by atoms with Crippen LogP contribution in [0.1, 0.15) is 61.0 Å². The Morgan fingerprint density at radius 1 is 0.955 bits per heavy atom. The van der Waals surface area contributed by atoms with E-state index in [0.29, 0.717) is 29.7 Å². The minimum absolute atomic E-state index is 0.0738. The summed E-state index contributed by atoms with van der Waals surface area (Å²) in [6.45, 7) is 2.25. The van der Waals surface area contributed by atoms with Crippen LogP contribution in [-0.2, 0) is 49.3 Å². The molecule has 2 saturated heterocycles. The molecular formula is C44H54N6O16.